The van der Waals surface area contributed by atoms with Crippen LogP contribution in [-0.4, -0.2) is 32.7 Å². The molecule has 0 fully saturated rings. The van der Waals surface area contributed by atoms with Crippen LogP contribution < -0.4 is 20.1 Å². The largest absolute Gasteiger partial charge is 0.490 e. The number of nitrogens with one attached hydrogen (secondary N) is 2. The molecule has 5 nitrogen and oxygen atoms in total. The van der Waals surface area contributed by atoms with E-state index in [4.69, 9.17) is 9.47 Å². The van der Waals surface area contributed by atoms with E-state index in [1.165, 1.54) is 0 Å². The smallest absolute Gasteiger partial charge is 0.221 e. The molecule has 0 unspecified atom stereocenters. The summed E-state index contributed by atoms with van der Waals surface area (Å²) in [5.41, 5.74) is 1.10. The molecule has 0 spiro atoms. The monoisotopic (exact) mass is 342 g/mol. The molecule has 1 heterocycles. The minimum atomic E-state index is 0.0392. The Kier molecular flexibility index (Phi) is 5.67. The van der Waals surface area contributed by atoms with Crippen molar-refractivity contribution in [2.75, 3.05) is 26.8 Å². The summed E-state index contributed by atoms with van der Waals surface area (Å²) in [5.74, 6) is 1.59. The van der Waals surface area contributed by atoms with Crippen LogP contribution in [0.15, 0.2) is 16.6 Å². The Labute approximate surface area is 127 Å². The van der Waals surface area contributed by atoms with E-state index in [9.17, 15) is 4.79 Å². The molecule has 0 atom stereocenters. The highest BCUT2D eigenvalue weighted by molar-refractivity contribution is 9.10. The molecule has 2 N–H and O–H groups in total. The van der Waals surface area contributed by atoms with Crippen LogP contribution in [0.4, 0.5) is 0 Å². The fraction of sp³-hybridized carbons (Fsp3) is 0.500. The van der Waals surface area contributed by atoms with Crippen molar-refractivity contribution < 1.29 is 14.3 Å². The SMILES string of the molecule is CNC(=O)CCNCc1cc(Br)c2c(c1)OCCCO2. The number of halogens is 1. The van der Waals surface area contributed by atoms with Crippen molar-refractivity contribution in [2.45, 2.75) is 19.4 Å². The summed E-state index contributed by atoms with van der Waals surface area (Å²) in [7, 11) is 1.64. The highest BCUT2D eigenvalue weighted by Crippen LogP contribution is 2.38. The molecule has 0 saturated carbocycles. The Morgan fingerprint density at radius 1 is 1.35 bits per heavy atom. The Balaban J connectivity index is 1.94. The number of carbonyl (C=O) groups excluding carboxylic acids is 1. The van der Waals surface area contributed by atoms with Crippen LogP contribution in [0.1, 0.15) is 18.4 Å². The van der Waals surface area contributed by atoms with Crippen molar-refractivity contribution in [1.29, 1.82) is 0 Å². The van der Waals surface area contributed by atoms with Gasteiger partial charge in [-0.1, -0.05) is 0 Å². The minimum Gasteiger partial charge on any atom is -0.490 e. The van der Waals surface area contributed by atoms with Crippen LogP contribution in [0, 0.1) is 0 Å². The van der Waals surface area contributed by atoms with Gasteiger partial charge in [0, 0.05) is 33.0 Å². The second kappa shape index (κ2) is 7.50. The second-order valence-electron chi connectivity index (χ2n) is 4.56. The first-order valence-electron chi connectivity index (χ1n) is 6.70. The van der Waals surface area contributed by atoms with Gasteiger partial charge in [-0.05, 0) is 33.6 Å². The first kappa shape index (κ1) is 15.1. The van der Waals surface area contributed by atoms with Gasteiger partial charge in [-0.25, -0.2) is 0 Å². The van der Waals surface area contributed by atoms with Gasteiger partial charge in [0.1, 0.15) is 0 Å². The Hall–Kier alpha value is -1.27. The van der Waals surface area contributed by atoms with Crippen LogP contribution in [0.25, 0.3) is 0 Å². The first-order chi connectivity index (χ1) is 9.70. The maximum Gasteiger partial charge on any atom is 0.221 e. The lowest BCUT2D eigenvalue weighted by Gasteiger charge is -2.12. The van der Waals surface area contributed by atoms with Gasteiger partial charge in [-0.2, -0.15) is 0 Å². The Bertz CT molecular complexity index is 480. The average Bonchev–Trinajstić information content (AvgIpc) is 2.69. The molecule has 1 aromatic rings. The highest BCUT2D eigenvalue weighted by Gasteiger charge is 2.15. The van der Waals surface area contributed by atoms with Crippen molar-refractivity contribution in [3.05, 3.63) is 22.2 Å². The van der Waals surface area contributed by atoms with Gasteiger partial charge >= 0.3 is 0 Å². The number of hydrogen-bond donors (Lipinski definition) is 2. The number of ether oxygens (including phenoxy) is 2. The van der Waals surface area contributed by atoms with Gasteiger partial charge < -0.3 is 20.1 Å². The standard InChI is InChI=1S/C14H19BrN2O3/c1-16-13(18)3-4-17-9-10-7-11(15)14-12(8-10)19-5-2-6-20-14/h7-8,17H,2-6,9H2,1H3,(H,16,18). The topological polar surface area (TPSA) is 59.6 Å². The third kappa shape index (κ3) is 4.11. The lowest BCUT2D eigenvalue weighted by atomic mass is 10.2. The molecule has 110 valence electrons. The molecule has 20 heavy (non-hydrogen) atoms. The van der Waals surface area contributed by atoms with E-state index in [-0.39, 0.29) is 5.91 Å². The van der Waals surface area contributed by atoms with E-state index in [0.717, 1.165) is 28.0 Å². The van der Waals surface area contributed by atoms with Crippen LogP contribution in [0.2, 0.25) is 0 Å². The van der Waals surface area contributed by atoms with Crippen molar-refractivity contribution in [1.82, 2.24) is 10.6 Å². The summed E-state index contributed by atoms with van der Waals surface area (Å²) in [6.07, 6.45) is 1.36. The molecule has 0 radical (unpaired) electrons. The number of carbonyl (C=O) groups is 1. The molecule has 1 aromatic carbocycles. The number of benzene rings is 1. The van der Waals surface area contributed by atoms with E-state index in [2.05, 4.69) is 26.6 Å². The van der Waals surface area contributed by atoms with Gasteiger partial charge in [0.2, 0.25) is 5.91 Å². The maximum atomic E-state index is 11.1. The Morgan fingerprint density at radius 3 is 2.95 bits per heavy atom. The molecule has 1 aliphatic heterocycles. The molecular weight excluding hydrogens is 324 g/mol. The summed E-state index contributed by atoms with van der Waals surface area (Å²) in [4.78, 5) is 11.1. The third-order valence-electron chi connectivity index (χ3n) is 3.00. The summed E-state index contributed by atoms with van der Waals surface area (Å²) >= 11 is 3.51. The number of rotatable bonds is 5. The summed E-state index contributed by atoms with van der Waals surface area (Å²) in [6.45, 7) is 2.68. The lowest BCUT2D eigenvalue weighted by Crippen LogP contribution is -2.24. The summed E-state index contributed by atoms with van der Waals surface area (Å²) in [5, 5.41) is 5.84. The van der Waals surface area contributed by atoms with E-state index in [0.29, 0.717) is 32.7 Å². The summed E-state index contributed by atoms with van der Waals surface area (Å²) in [6, 6.07) is 4.00. The minimum absolute atomic E-state index is 0.0392. The van der Waals surface area contributed by atoms with Crippen molar-refractivity contribution >= 4 is 21.8 Å². The van der Waals surface area contributed by atoms with E-state index in [1.807, 2.05) is 12.1 Å². The molecule has 6 heteroatoms. The Morgan fingerprint density at radius 2 is 2.15 bits per heavy atom. The molecule has 0 saturated heterocycles. The van der Waals surface area contributed by atoms with Crippen LogP contribution in [0.3, 0.4) is 0 Å². The zero-order valence-corrected chi connectivity index (χ0v) is 13.1. The first-order valence-corrected chi connectivity index (χ1v) is 7.49. The van der Waals surface area contributed by atoms with Gasteiger partial charge in [0.05, 0.1) is 17.7 Å². The quantitative estimate of drug-likeness (QED) is 0.801. The van der Waals surface area contributed by atoms with Crippen molar-refractivity contribution in [3.8, 4) is 11.5 Å². The van der Waals surface area contributed by atoms with Gasteiger partial charge in [0.15, 0.2) is 11.5 Å². The van der Waals surface area contributed by atoms with E-state index in [1.54, 1.807) is 7.05 Å². The van der Waals surface area contributed by atoms with Crippen LogP contribution >= 0.6 is 15.9 Å². The molecule has 1 aliphatic rings. The predicted octanol–water partition coefficient (Wildman–Crippen LogP) is 1.84. The van der Waals surface area contributed by atoms with Gasteiger partial charge in [-0.15, -0.1) is 0 Å². The van der Waals surface area contributed by atoms with Gasteiger partial charge in [0.25, 0.3) is 0 Å². The normalized spacial score (nSPS) is 13.7. The van der Waals surface area contributed by atoms with E-state index < -0.39 is 0 Å². The molecule has 1 amide bonds. The predicted molar refractivity (Wildman–Crippen MR) is 80.1 cm³/mol. The maximum absolute atomic E-state index is 11.1. The second-order valence-corrected chi connectivity index (χ2v) is 5.41. The zero-order valence-electron chi connectivity index (χ0n) is 11.5. The van der Waals surface area contributed by atoms with Crippen LogP contribution in [0.5, 0.6) is 11.5 Å². The molecular formula is C14H19BrN2O3. The highest BCUT2D eigenvalue weighted by atomic mass is 79.9. The average molecular weight is 343 g/mol. The molecule has 0 aliphatic carbocycles. The van der Waals surface area contributed by atoms with Gasteiger partial charge in [-0.3, -0.25) is 4.79 Å². The fourth-order valence-corrected chi connectivity index (χ4v) is 2.55. The van der Waals surface area contributed by atoms with Crippen molar-refractivity contribution in [3.63, 3.8) is 0 Å². The van der Waals surface area contributed by atoms with Crippen molar-refractivity contribution in [2.24, 2.45) is 0 Å². The number of hydrogen-bond acceptors (Lipinski definition) is 4. The lowest BCUT2D eigenvalue weighted by molar-refractivity contribution is -0.120. The third-order valence-corrected chi connectivity index (χ3v) is 3.59. The number of fused-ring (bicyclic) bond motifs is 1. The molecule has 0 aromatic heterocycles. The van der Waals surface area contributed by atoms with Crippen LogP contribution in [-0.2, 0) is 11.3 Å². The summed E-state index contributed by atoms with van der Waals surface area (Å²) < 4.78 is 12.2. The fourth-order valence-electron chi connectivity index (χ4n) is 1.95. The van der Waals surface area contributed by atoms with E-state index >= 15 is 0 Å². The zero-order chi connectivity index (χ0) is 14.4. The number of amides is 1. The molecule has 0 bridgehead atoms. The molecule has 2 rings (SSSR count).